The van der Waals surface area contributed by atoms with Crippen LogP contribution in [-0.4, -0.2) is 25.7 Å². The Morgan fingerprint density at radius 3 is 3.12 bits per heavy atom. The fourth-order valence-corrected chi connectivity index (χ4v) is 4.32. The number of hydrogen-bond donors (Lipinski definition) is 1. The minimum absolute atomic E-state index is 0.0874. The maximum absolute atomic E-state index is 6.07. The average Bonchev–Trinajstić information content (AvgIpc) is 3.24. The van der Waals surface area contributed by atoms with E-state index in [1.54, 1.807) is 0 Å². The van der Waals surface area contributed by atoms with Crippen LogP contribution >= 0.6 is 0 Å². The summed E-state index contributed by atoms with van der Waals surface area (Å²) >= 11 is 0. The summed E-state index contributed by atoms with van der Waals surface area (Å²) < 4.78 is 7.69. The average molecular weight is 329 g/mol. The number of hydrogen-bond acceptors (Lipinski definition) is 5. The predicted octanol–water partition coefficient (Wildman–Crippen LogP) is 3.25. The van der Waals surface area contributed by atoms with Crippen molar-refractivity contribution in [1.82, 2.24) is 19.6 Å². The molecule has 4 rings (SSSR count). The van der Waals surface area contributed by atoms with Crippen LogP contribution in [0, 0.1) is 17.8 Å². The molecule has 0 bridgehead atoms. The molecule has 130 valence electrons. The highest BCUT2D eigenvalue weighted by Gasteiger charge is 2.45. The molecule has 2 fully saturated rings. The highest BCUT2D eigenvalue weighted by atomic mass is 16.5. The molecule has 4 unspecified atom stereocenters. The van der Waals surface area contributed by atoms with Crippen LogP contribution in [0.3, 0.4) is 0 Å². The molecule has 2 aliphatic rings. The molecule has 0 amide bonds. The van der Waals surface area contributed by atoms with Gasteiger partial charge in [0.05, 0.1) is 18.0 Å². The second kappa shape index (κ2) is 6.22. The van der Waals surface area contributed by atoms with E-state index in [-0.39, 0.29) is 6.10 Å². The summed E-state index contributed by atoms with van der Waals surface area (Å²) in [6, 6.07) is 0.355. The van der Waals surface area contributed by atoms with E-state index in [1.807, 2.05) is 17.6 Å². The molecular formula is C18H27N5O. The maximum atomic E-state index is 6.07. The Balaban J connectivity index is 1.58. The van der Waals surface area contributed by atoms with E-state index in [4.69, 9.17) is 10.5 Å². The molecule has 24 heavy (non-hydrogen) atoms. The fraction of sp³-hybridized carbons (Fsp3) is 0.722. The second-order valence-corrected chi connectivity index (χ2v) is 7.54. The lowest BCUT2D eigenvalue weighted by Crippen LogP contribution is -2.17. The number of anilines is 1. The number of imidazole rings is 1. The Morgan fingerprint density at radius 2 is 2.29 bits per heavy atom. The third-order valence-electron chi connectivity index (χ3n) is 5.65. The van der Waals surface area contributed by atoms with Crippen LogP contribution in [-0.2, 0) is 6.42 Å². The van der Waals surface area contributed by atoms with E-state index in [9.17, 15) is 0 Å². The number of aromatic nitrogens is 4. The van der Waals surface area contributed by atoms with Crippen molar-refractivity contribution in [2.75, 3.05) is 5.73 Å². The van der Waals surface area contributed by atoms with Crippen molar-refractivity contribution in [2.24, 2.45) is 17.8 Å². The van der Waals surface area contributed by atoms with Gasteiger partial charge in [0, 0.05) is 0 Å². The Hall–Kier alpha value is -1.85. The lowest BCUT2D eigenvalue weighted by Gasteiger charge is -2.20. The molecule has 0 aromatic carbocycles. The molecule has 4 atom stereocenters. The standard InChI is InChI=1S/C18H27N5O/c1-3-5-11(2)24-18-21-16(19)17-20-10-14(23(17)22-18)8-12-6-4-7-13-9-15(12)13/h10-13,15H,3-9H2,1-2H3,(H2,19,21,22). The van der Waals surface area contributed by atoms with E-state index in [0.717, 1.165) is 42.7 Å². The molecule has 0 aliphatic heterocycles. The van der Waals surface area contributed by atoms with Gasteiger partial charge in [0.25, 0.3) is 0 Å². The van der Waals surface area contributed by atoms with Gasteiger partial charge >= 0.3 is 6.01 Å². The zero-order valence-corrected chi connectivity index (χ0v) is 14.6. The zero-order valence-electron chi connectivity index (χ0n) is 14.6. The molecule has 0 radical (unpaired) electrons. The Bertz CT molecular complexity index is 728. The van der Waals surface area contributed by atoms with Gasteiger partial charge in [-0.1, -0.05) is 26.2 Å². The van der Waals surface area contributed by atoms with Gasteiger partial charge in [-0.25, -0.2) is 9.50 Å². The van der Waals surface area contributed by atoms with Gasteiger partial charge in [-0.2, -0.15) is 4.98 Å². The minimum atomic E-state index is 0.0874. The molecule has 0 spiro atoms. The first-order valence-electron chi connectivity index (χ1n) is 9.32. The molecule has 2 aromatic heterocycles. The van der Waals surface area contributed by atoms with E-state index >= 15 is 0 Å². The summed E-state index contributed by atoms with van der Waals surface area (Å²) in [5.74, 6) is 3.06. The predicted molar refractivity (Wildman–Crippen MR) is 92.8 cm³/mol. The first-order valence-corrected chi connectivity index (χ1v) is 9.32. The zero-order chi connectivity index (χ0) is 16.7. The van der Waals surface area contributed by atoms with Gasteiger partial charge in [0.2, 0.25) is 0 Å². The molecule has 0 saturated heterocycles. The largest absolute Gasteiger partial charge is 0.459 e. The van der Waals surface area contributed by atoms with Gasteiger partial charge in [0.1, 0.15) is 0 Å². The van der Waals surface area contributed by atoms with Gasteiger partial charge in [0.15, 0.2) is 11.5 Å². The highest BCUT2D eigenvalue weighted by Crippen LogP contribution is 2.53. The van der Waals surface area contributed by atoms with Crippen molar-refractivity contribution in [3.63, 3.8) is 0 Å². The first-order chi connectivity index (χ1) is 11.7. The quantitative estimate of drug-likeness (QED) is 0.880. The lowest BCUT2D eigenvalue weighted by molar-refractivity contribution is 0.189. The second-order valence-electron chi connectivity index (χ2n) is 7.54. The smallest absolute Gasteiger partial charge is 0.336 e. The van der Waals surface area contributed by atoms with Gasteiger partial charge in [-0.15, -0.1) is 5.10 Å². The molecule has 2 heterocycles. The Labute approximate surface area is 142 Å². The van der Waals surface area contributed by atoms with Crippen LogP contribution in [0.2, 0.25) is 0 Å². The molecule has 2 aromatic rings. The van der Waals surface area contributed by atoms with Crippen molar-refractivity contribution < 1.29 is 4.74 Å². The normalized spacial score (nSPS) is 27.0. The summed E-state index contributed by atoms with van der Waals surface area (Å²) in [6.45, 7) is 4.18. The number of nitrogens with zero attached hydrogens (tertiary/aromatic N) is 4. The van der Waals surface area contributed by atoms with Crippen LogP contribution in [0.4, 0.5) is 5.82 Å². The molecule has 2 saturated carbocycles. The van der Waals surface area contributed by atoms with Crippen LogP contribution in [0.25, 0.3) is 5.65 Å². The highest BCUT2D eigenvalue weighted by molar-refractivity contribution is 5.59. The van der Waals surface area contributed by atoms with E-state index in [1.165, 1.54) is 25.7 Å². The first kappa shape index (κ1) is 15.7. The van der Waals surface area contributed by atoms with Crippen molar-refractivity contribution in [3.05, 3.63) is 11.9 Å². The molecule has 6 nitrogen and oxygen atoms in total. The summed E-state index contributed by atoms with van der Waals surface area (Å²) in [6.07, 6.45) is 10.6. The maximum Gasteiger partial charge on any atom is 0.336 e. The van der Waals surface area contributed by atoms with E-state index in [2.05, 4.69) is 22.0 Å². The number of ether oxygens (including phenoxy) is 1. The summed E-state index contributed by atoms with van der Waals surface area (Å²) in [7, 11) is 0. The third kappa shape index (κ3) is 2.94. The molecule has 6 heteroatoms. The topological polar surface area (TPSA) is 78.3 Å². The van der Waals surface area contributed by atoms with Crippen molar-refractivity contribution in [3.8, 4) is 6.01 Å². The fourth-order valence-electron chi connectivity index (χ4n) is 4.32. The molecule has 2 N–H and O–H groups in total. The Kier molecular flexibility index (Phi) is 4.06. The summed E-state index contributed by atoms with van der Waals surface area (Å²) in [5.41, 5.74) is 7.85. The number of nitrogen functional groups attached to an aromatic ring is 1. The van der Waals surface area contributed by atoms with Gasteiger partial charge in [-0.3, -0.25) is 0 Å². The SMILES string of the molecule is CCCC(C)Oc1nc(N)c2ncc(CC3CCCC4CC34)n2n1. The number of fused-ring (bicyclic) bond motifs is 2. The monoisotopic (exact) mass is 329 g/mol. The van der Waals surface area contributed by atoms with Crippen LogP contribution in [0.1, 0.15) is 58.1 Å². The molecule has 2 aliphatic carbocycles. The van der Waals surface area contributed by atoms with Crippen LogP contribution in [0.5, 0.6) is 6.01 Å². The minimum Gasteiger partial charge on any atom is -0.459 e. The molecular weight excluding hydrogens is 302 g/mol. The van der Waals surface area contributed by atoms with E-state index in [0.29, 0.717) is 17.5 Å². The third-order valence-corrected chi connectivity index (χ3v) is 5.65. The van der Waals surface area contributed by atoms with Crippen LogP contribution < -0.4 is 10.5 Å². The summed E-state index contributed by atoms with van der Waals surface area (Å²) in [4.78, 5) is 8.70. The Morgan fingerprint density at radius 1 is 1.42 bits per heavy atom. The van der Waals surface area contributed by atoms with Crippen molar-refractivity contribution in [2.45, 2.75) is 64.9 Å². The summed E-state index contributed by atoms with van der Waals surface area (Å²) in [5, 5.41) is 4.56. The van der Waals surface area contributed by atoms with Crippen molar-refractivity contribution >= 4 is 11.5 Å². The van der Waals surface area contributed by atoms with Gasteiger partial charge < -0.3 is 10.5 Å². The van der Waals surface area contributed by atoms with Crippen molar-refractivity contribution in [1.29, 1.82) is 0 Å². The number of rotatable bonds is 6. The number of nitrogens with two attached hydrogens (primary N) is 1. The van der Waals surface area contributed by atoms with Gasteiger partial charge in [-0.05, 0) is 50.4 Å². The lowest BCUT2D eigenvalue weighted by atomic mass is 9.86. The van der Waals surface area contributed by atoms with Crippen LogP contribution in [0.15, 0.2) is 6.20 Å². The van der Waals surface area contributed by atoms with E-state index < -0.39 is 0 Å².